The maximum atomic E-state index is 5.68. The summed E-state index contributed by atoms with van der Waals surface area (Å²) in [7, 11) is 0. The van der Waals surface area contributed by atoms with E-state index >= 15 is 0 Å². The number of aromatic nitrogens is 2. The second-order valence-corrected chi connectivity index (χ2v) is 3.62. The number of hydrogen-bond acceptors (Lipinski definition) is 3. The van der Waals surface area contributed by atoms with Crippen LogP contribution in [0.4, 0.5) is 0 Å². The van der Waals surface area contributed by atoms with Crippen LogP contribution in [0.5, 0.6) is 5.88 Å². The van der Waals surface area contributed by atoms with Crippen molar-refractivity contribution in [1.29, 1.82) is 0 Å². The minimum absolute atomic E-state index is 0.678. The molecular weight excluding hydrogens is 202 g/mol. The van der Waals surface area contributed by atoms with Crippen LogP contribution in [0.15, 0.2) is 30.6 Å². The van der Waals surface area contributed by atoms with Gasteiger partial charge in [-0.15, -0.1) is 0 Å². The number of imidazole rings is 1. The molecule has 16 heavy (non-hydrogen) atoms. The van der Waals surface area contributed by atoms with Gasteiger partial charge >= 0.3 is 0 Å². The number of hydrogen-bond donors (Lipinski definition) is 1. The fraction of sp³-hybridized carbons (Fsp3) is 0.417. The van der Waals surface area contributed by atoms with Crippen molar-refractivity contribution < 1.29 is 4.74 Å². The van der Waals surface area contributed by atoms with E-state index in [1.54, 1.807) is 6.20 Å². The Morgan fingerprint density at radius 1 is 1.38 bits per heavy atom. The molecule has 1 N–H and O–H groups in total. The topological polar surface area (TPSA) is 38.6 Å². The fourth-order valence-electron chi connectivity index (χ4n) is 1.57. The van der Waals surface area contributed by atoms with Crippen molar-refractivity contribution in [2.24, 2.45) is 0 Å². The highest BCUT2D eigenvalue weighted by Crippen LogP contribution is 2.12. The summed E-state index contributed by atoms with van der Waals surface area (Å²) in [4.78, 5) is 4.20. The van der Waals surface area contributed by atoms with Crippen molar-refractivity contribution in [3.05, 3.63) is 30.6 Å². The van der Waals surface area contributed by atoms with E-state index in [4.69, 9.17) is 4.74 Å². The summed E-state index contributed by atoms with van der Waals surface area (Å²) in [5.41, 5.74) is 0.916. The molecule has 0 atom stereocenters. The summed E-state index contributed by atoms with van der Waals surface area (Å²) in [6.45, 7) is 4.74. The van der Waals surface area contributed by atoms with E-state index in [0.717, 1.165) is 31.0 Å². The summed E-state index contributed by atoms with van der Waals surface area (Å²) in [6, 6.07) is 5.87. The van der Waals surface area contributed by atoms with Crippen LogP contribution in [0.3, 0.4) is 0 Å². The number of ether oxygens (including phenoxy) is 1. The molecular formula is C12H17N3O. The molecule has 2 aromatic heterocycles. The highest BCUT2D eigenvalue weighted by molar-refractivity contribution is 5.41. The Morgan fingerprint density at radius 3 is 3.19 bits per heavy atom. The first-order chi connectivity index (χ1) is 7.92. The zero-order valence-electron chi connectivity index (χ0n) is 9.52. The van der Waals surface area contributed by atoms with Gasteiger partial charge in [0.05, 0.1) is 0 Å². The van der Waals surface area contributed by atoms with Crippen LogP contribution < -0.4 is 10.1 Å². The third-order valence-corrected chi connectivity index (χ3v) is 2.35. The van der Waals surface area contributed by atoms with Crippen molar-refractivity contribution >= 4 is 5.65 Å². The molecule has 0 aromatic carbocycles. The van der Waals surface area contributed by atoms with Gasteiger partial charge in [-0.1, -0.05) is 13.0 Å². The molecule has 0 unspecified atom stereocenters. The molecule has 0 amide bonds. The van der Waals surface area contributed by atoms with Crippen LogP contribution in [0, 0.1) is 0 Å². The standard InChI is InChI=1S/C12H17N3O/c1-2-6-13-8-10-16-12-5-3-4-11-14-7-9-15(11)12/h3-5,7,9,13H,2,6,8,10H2,1H3. The Labute approximate surface area is 95.3 Å². The maximum Gasteiger partial charge on any atom is 0.199 e. The molecule has 0 fully saturated rings. The van der Waals surface area contributed by atoms with E-state index in [2.05, 4.69) is 17.2 Å². The molecule has 86 valence electrons. The molecule has 0 spiro atoms. The van der Waals surface area contributed by atoms with Crippen LogP contribution in [0.1, 0.15) is 13.3 Å². The van der Waals surface area contributed by atoms with Crippen LogP contribution in [0.25, 0.3) is 5.65 Å². The minimum Gasteiger partial charge on any atom is -0.477 e. The maximum absolute atomic E-state index is 5.68. The predicted octanol–water partition coefficient (Wildman–Crippen LogP) is 1.71. The second kappa shape index (κ2) is 5.51. The third kappa shape index (κ3) is 2.52. The van der Waals surface area contributed by atoms with Gasteiger partial charge in [-0.2, -0.15) is 0 Å². The molecule has 2 rings (SSSR count). The number of nitrogens with one attached hydrogen (secondary N) is 1. The summed E-state index contributed by atoms with van der Waals surface area (Å²) in [6.07, 6.45) is 4.83. The smallest absolute Gasteiger partial charge is 0.199 e. The van der Waals surface area contributed by atoms with Crippen molar-refractivity contribution in [1.82, 2.24) is 14.7 Å². The summed E-state index contributed by atoms with van der Waals surface area (Å²) < 4.78 is 7.63. The molecule has 2 heterocycles. The average molecular weight is 219 g/mol. The summed E-state index contributed by atoms with van der Waals surface area (Å²) >= 11 is 0. The Morgan fingerprint density at radius 2 is 2.31 bits per heavy atom. The minimum atomic E-state index is 0.678. The zero-order chi connectivity index (χ0) is 11.2. The first kappa shape index (κ1) is 11.0. The lowest BCUT2D eigenvalue weighted by molar-refractivity contribution is 0.299. The fourth-order valence-corrected chi connectivity index (χ4v) is 1.57. The number of pyridine rings is 1. The molecule has 4 nitrogen and oxygen atoms in total. The first-order valence-electron chi connectivity index (χ1n) is 5.67. The molecule has 0 aliphatic rings. The molecule has 0 saturated heterocycles. The first-order valence-corrected chi connectivity index (χ1v) is 5.67. The molecule has 0 radical (unpaired) electrons. The average Bonchev–Trinajstić information content (AvgIpc) is 2.77. The van der Waals surface area contributed by atoms with E-state index < -0.39 is 0 Å². The van der Waals surface area contributed by atoms with E-state index in [1.807, 2.05) is 28.8 Å². The number of fused-ring (bicyclic) bond motifs is 1. The van der Waals surface area contributed by atoms with Gasteiger partial charge in [0, 0.05) is 18.9 Å². The van der Waals surface area contributed by atoms with Crippen LogP contribution in [0.2, 0.25) is 0 Å². The number of rotatable bonds is 6. The molecule has 2 aromatic rings. The van der Waals surface area contributed by atoms with Gasteiger partial charge in [-0.25, -0.2) is 4.98 Å². The van der Waals surface area contributed by atoms with Gasteiger partial charge < -0.3 is 10.1 Å². The van der Waals surface area contributed by atoms with Crippen molar-refractivity contribution in [2.45, 2.75) is 13.3 Å². The largest absolute Gasteiger partial charge is 0.477 e. The Hall–Kier alpha value is -1.55. The lowest BCUT2D eigenvalue weighted by Gasteiger charge is -2.08. The molecule has 0 saturated carbocycles. The lowest BCUT2D eigenvalue weighted by atomic mass is 10.4. The van der Waals surface area contributed by atoms with Crippen molar-refractivity contribution in [3.63, 3.8) is 0 Å². The zero-order valence-corrected chi connectivity index (χ0v) is 9.52. The molecule has 0 bridgehead atoms. The van der Waals surface area contributed by atoms with Crippen LogP contribution >= 0.6 is 0 Å². The van der Waals surface area contributed by atoms with Gasteiger partial charge in [0.2, 0.25) is 0 Å². The van der Waals surface area contributed by atoms with E-state index in [1.165, 1.54) is 0 Å². The van der Waals surface area contributed by atoms with Gasteiger partial charge in [-0.3, -0.25) is 4.40 Å². The van der Waals surface area contributed by atoms with Gasteiger partial charge in [-0.05, 0) is 25.1 Å². The Bertz CT molecular complexity index is 439. The van der Waals surface area contributed by atoms with E-state index in [-0.39, 0.29) is 0 Å². The summed E-state index contributed by atoms with van der Waals surface area (Å²) in [5, 5.41) is 3.30. The predicted molar refractivity (Wildman–Crippen MR) is 63.8 cm³/mol. The van der Waals surface area contributed by atoms with Crippen LogP contribution in [-0.4, -0.2) is 29.1 Å². The number of nitrogens with zero attached hydrogens (tertiary/aromatic N) is 2. The normalized spacial score (nSPS) is 10.8. The van der Waals surface area contributed by atoms with Gasteiger partial charge in [0.25, 0.3) is 0 Å². The highest BCUT2D eigenvalue weighted by Gasteiger charge is 2.00. The highest BCUT2D eigenvalue weighted by atomic mass is 16.5. The van der Waals surface area contributed by atoms with Crippen molar-refractivity contribution in [3.8, 4) is 5.88 Å². The Kier molecular flexibility index (Phi) is 3.77. The second-order valence-electron chi connectivity index (χ2n) is 3.62. The molecule has 4 heteroatoms. The SMILES string of the molecule is CCCNCCOc1cccc2nccn12. The summed E-state index contributed by atoms with van der Waals surface area (Å²) in [5.74, 6) is 0.841. The quantitative estimate of drug-likeness (QED) is 0.752. The monoisotopic (exact) mass is 219 g/mol. The third-order valence-electron chi connectivity index (χ3n) is 2.35. The van der Waals surface area contributed by atoms with Crippen molar-refractivity contribution in [2.75, 3.05) is 19.7 Å². The van der Waals surface area contributed by atoms with E-state index in [0.29, 0.717) is 6.61 Å². The molecule has 0 aliphatic carbocycles. The Balaban J connectivity index is 1.91. The van der Waals surface area contributed by atoms with Gasteiger partial charge in [0.15, 0.2) is 5.88 Å². The lowest BCUT2D eigenvalue weighted by Crippen LogP contribution is -2.22. The van der Waals surface area contributed by atoms with Crippen LogP contribution in [-0.2, 0) is 0 Å². The van der Waals surface area contributed by atoms with Gasteiger partial charge in [0.1, 0.15) is 12.3 Å². The van der Waals surface area contributed by atoms with E-state index in [9.17, 15) is 0 Å². The molecule has 0 aliphatic heterocycles.